The molecule has 1 aliphatic heterocycles. The maximum absolute atomic E-state index is 13.1. The van der Waals surface area contributed by atoms with E-state index < -0.39 is 10.0 Å². The molecule has 7 heteroatoms. The Balaban J connectivity index is 1.31. The monoisotopic (exact) mass is 481 g/mol. The van der Waals surface area contributed by atoms with Crippen molar-refractivity contribution in [2.75, 3.05) is 26.2 Å². The molecular formula is C26H28ClN3O2S. The van der Waals surface area contributed by atoms with Crippen LogP contribution in [0.3, 0.4) is 0 Å². The van der Waals surface area contributed by atoms with Crippen molar-refractivity contribution in [3.05, 3.63) is 101 Å². The molecule has 1 heterocycles. The summed E-state index contributed by atoms with van der Waals surface area (Å²) < 4.78 is 29.2. The predicted octanol–water partition coefficient (Wildman–Crippen LogP) is 4.10. The molecule has 0 aromatic heterocycles. The summed E-state index contributed by atoms with van der Waals surface area (Å²) in [6, 6.07) is 24.9. The number of hydrogen-bond acceptors (Lipinski definition) is 4. The normalized spacial score (nSPS) is 21.7. The van der Waals surface area contributed by atoms with Crippen LogP contribution in [0.5, 0.6) is 0 Å². The van der Waals surface area contributed by atoms with E-state index in [2.05, 4.69) is 44.9 Å². The third-order valence-corrected chi connectivity index (χ3v) is 8.43. The Bertz CT molecular complexity index is 1190. The zero-order valence-corrected chi connectivity index (χ0v) is 20.0. The van der Waals surface area contributed by atoms with E-state index in [-0.39, 0.29) is 12.1 Å². The van der Waals surface area contributed by atoms with Gasteiger partial charge >= 0.3 is 0 Å². The molecule has 5 rings (SSSR count). The summed E-state index contributed by atoms with van der Waals surface area (Å²) in [6.45, 7) is 4.58. The standard InChI is InChI=1S/C26H28ClN3O2S/c27-22-12-10-20(11-13-22)19-29-14-16-30(17-15-29)26-24-9-5-4-6-21(24)18-25(26)28-33(31,32)23-7-2-1-3-8-23/h1-13,25-26,28H,14-19H2/t25-,26-/m1/s1. The third-order valence-electron chi connectivity index (χ3n) is 6.67. The fourth-order valence-corrected chi connectivity index (χ4v) is 6.43. The molecule has 0 radical (unpaired) electrons. The second kappa shape index (κ2) is 9.57. The zero-order valence-electron chi connectivity index (χ0n) is 18.4. The van der Waals surface area contributed by atoms with Crippen LogP contribution in [0.2, 0.25) is 5.02 Å². The molecule has 2 aliphatic rings. The molecule has 2 atom stereocenters. The molecule has 0 spiro atoms. The van der Waals surface area contributed by atoms with E-state index in [4.69, 9.17) is 11.6 Å². The Morgan fingerprint density at radius 2 is 1.52 bits per heavy atom. The highest BCUT2D eigenvalue weighted by molar-refractivity contribution is 7.89. The van der Waals surface area contributed by atoms with Crippen LogP contribution in [-0.4, -0.2) is 50.4 Å². The highest BCUT2D eigenvalue weighted by atomic mass is 35.5. The lowest BCUT2D eigenvalue weighted by Gasteiger charge is -2.40. The molecule has 1 N–H and O–H groups in total. The highest BCUT2D eigenvalue weighted by Crippen LogP contribution is 2.37. The summed E-state index contributed by atoms with van der Waals surface area (Å²) in [6.07, 6.45) is 0.706. The number of nitrogens with zero attached hydrogens (tertiary/aromatic N) is 2. The van der Waals surface area contributed by atoms with Crippen LogP contribution in [-0.2, 0) is 23.0 Å². The summed E-state index contributed by atoms with van der Waals surface area (Å²) in [5.74, 6) is 0. The molecule has 3 aromatic carbocycles. The van der Waals surface area contributed by atoms with Gasteiger partial charge in [-0.25, -0.2) is 13.1 Å². The van der Waals surface area contributed by atoms with Crippen molar-refractivity contribution < 1.29 is 8.42 Å². The van der Waals surface area contributed by atoms with Crippen LogP contribution in [0, 0.1) is 0 Å². The summed E-state index contributed by atoms with van der Waals surface area (Å²) in [4.78, 5) is 5.21. The van der Waals surface area contributed by atoms with Crippen LogP contribution in [0.25, 0.3) is 0 Å². The smallest absolute Gasteiger partial charge is 0.240 e. The van der Waals surface area contributed by atoms with Gasteiger partial charge < -0.3 is 0 Å². The Labute approximate surface area is 201 Å². The zero-order chi connectivity index (χ0) is 22.8. The van der Waals surface area contributed by atoms with Gasteiger partial charge in [0.15, 0.2) is 0 Å². The van der Waals surface area contributed by atoms with Gasteiger partial charge in [-0.1, -0.05) is 66.2 Å². The first-order valence-corrected chi connectivity index (χ1v) is 13.2. The van der Waals surface area contributed by atoms with Crippen LogP contribution < -0.4 is 4.72 Å². The minimum Gasteiger partial charge on any atom is -0.297 e. The van der Waals surface area contributed by atoms with E-state index >= 15 is 0 Å². The molecule has 1 fully saturated rings. The largest absolute Gasteiger partial charge is 0.297 e. The van der Waals surface area contributed by atoms with Gasteiger partial charge in [0.2, 0.25) is 10.0 Å². The molecule has 33 heavy (non-hydrogen) atoms. The lowest BCUT2D eigenvalue weighted by molar-refractivity contribution is 0.0829. The first-order valence-electron chi connectivity index (χ1n) is 11.4. The van der Waals surface area contributed by atoms with E-state index in [1.807, 2.05) is 24.3 Å². The maximum Gasteiger partial charge on any atom is 0.240 e. The average Bonchev–Trinajstić information content (AvgIpc) is 3.19. The molecule has 1 aliphatic carbocycles. The lowest BCUT2D eigenvalue weighted by atomic mass is 10.0. The van der Waals surface area contributed by atoms with Gasteiger partial charge in [0.05, 0.1) is 10.9 Å². The SMILES string of the molecule is O=S(=O)(N[C@@H]1Cc2ccccc2[C@H]1N1CCN(Cc2ccc(Cl)cc2)CC1)c1ccccc1. The van der Waals surface area contributed by atoms with Crippen LogP contribution >= 0.6 is 11.6 Å². The van der Waals surface area contributed by atoms with E-state index in [1.165, 1.54) is 16.7 Å². The van der Waals surface area contributed by atoms with Crippen molar-refractivity contribution in [2.45, 2.75) is 29.9 Å². The van der Waals surface area contributed by atoms with Crippen molar-refractivity contribution in [3.8, 4) is 0 Å². The second-order valence-corrected chi connectivity index (χ2v) is 11.0. The number of sulfonamides is 1. The van der Waals surface area contributed by atoms with Crippen molar-refractivity contribution in [2.24, 2.45) is 0 Å². The first-order chi connectivity index (χ1) is 16.0. The van der Waals surface area contributed by atoms with Gasteiger partial charge in [0, 0.05) is 43.8 Å². The second-order valence-electron chi connectivity index (χ2n) is 8.83. The minimum absolute atomic E-state index is 0.0392. The van der Waals surface area contributed by atoms with Gasteiger partial charge in [-0.15, -0.1) is 0 Å². The highest BCUT2D eigenvalue weighted by Gasteiger charge is 2.39. The summed E-state index contributed by atoms with van der Waals surface area (Å²) >= 11 is 6.02. The molecule has 0 bridgehead atoms. The van der Waals surface area contributed by atoms with Gasteiger partial charge in [0.1, 0.15) is 0 Å². The number of fused-ring (bicyclic) bond motifs is 1. The van der Waals surface area contributed by atoms with Crippen LogP contribution in [0.4, 0.5) is 0 Å². The van der Waals surface area contributed by atoms with E-state index in [1.54, 1.807) is 24.3 Å². The molecule has 172 valence electrons. The van der Waals surface area contributed by atoms with Gasteiger partial charge in [-0.3, -0.25) is 9.80 Å². The third kappa shape index (κ3) is 5.00. The van der Waals surface area contributed by atoms with Crippen LogP contribution in [0.15, 0.2) is 83.8 Å². The van der Waals surface area contributed by atoms with Gasteiger partial charge in [0.25, 0.3) is 0 Å². The van der Waals surface area contributed by atoms with Crippen molar-refractivity contribution in [3.63, 3.8) is 0 Å². The number of halogens is 1. The average molecular weight is 482 g/mol. The fraction of sp³-hybridized carbons (Fsp3) is 0.308. The molecule has 0 unspecified atom stereocenters. The topological polar surface area (TPSA) is 52.7 Å². The molecule has 3 aromatic rings. The van der Waals surface area contributed by atoms with E-state index in [0.717, 1.165) is 37.7 Å². The fourth-order valence-electron chi connectivity index (χ4n) is 5.05. The molecule has 1 saturated heterocycles. The molecular weight excluding hydrogens is 454 g/mol. The van der Waals surface area contributed by atoms with Crippen molar-refractivity contribution in [1.29, 1.82) is 0 Å². The number of nitrogens with one attached hydrogen (secondary N) is 1. The van der Waals surface area contributed by atoms with Crippen LogP contribution in [0.1, 0.15) is 22.7 Å². The number of hydrogen-bond donors (Lipinski definition) is 1. The van der Waals surface area contributed by atoms with Crippen molar-refractivity contribution >= 4 is 21.6 Å². The van der Waals surface area contributed by atoms with E-state index in [0.29, 0.717) is 11.3 Å². The summed E-state index contributed by atoms with van der Waals surface area (Å²) in [5.41, 5.74) is 3.73. The quantitative estimate of drug-likeness (QED) is 0.576. The predicted molar refractivity (Wildman–Crippen MR) is 132 cm³/mol. The number of piperazine rings is 1. The number of benzene rings is 3. The molecule has 0 amide bonds. The Hall–Kier alpha value is -2.22. The number of rotatable bonds is 6. The maximum atomic E-state index is 13.1. The lowest BCUT2D eigenvalue weighted by Crippen LogP contribution is -2.51. The van der Waals surface area contributed by atoms with E-state index in [9.17, 15) is 8.42 Å². The minimum atomic E-state index is -3.59. The summed E-state index contributed by atoms with van der Waals surface area (Å²) in [7, 11) is -3.59. The van der Waals surface area contributed by atoms with Crippen molar-refractivity contribution in [1.82, 2.24) is 14.5 Å². The molecule has 0 saturated carbocycles. The first kappa shape index (κ1) is 22.6. The van der Waals surface area contributed by atoms with Gasteiger partial charge in [-0.2, -0.15) is 0 Å². The summed E-state index contributed by atoms with van der Waals surface area (Å²) in [5, 5.41) is 0.757. The molecule has 5 nitrogen and oxygen atoms in total. The Morgan fingerprint density at radius 3 is 2.24 bits per heavy atom. The van der Waals surface area contributed by atoms with Gasteiger partial charge in [-0.05, 0) is 47.4 Å². The Morgan fingerprint density at radius 1 is 0.848 bits per heavy atom. The Kier molecular flexibility index (Phi) is 6.54.